The Hall–Kier alpha value is -3.42. The Kier molecular flexibility index (Phi) is 4.83. The lowest BCUT2D eigenvalue weighted by atomic mass is 10.2. The van der Waals surface area contributed by atoms with Gasteiger partial charge in [0.2, 0.25) is 5.69 Å². The lowest BCUT2D eigenvalue weighted by Crippen LogP contribution is -2.11. The number of hydrogen-bond acceptors (Lipinski definition) is 6. The first-order chi connectivity index (χ1) is 12.4. The third-order valence-electron chi connectivity index (χ3n) is 3.60. The predicted molar refractivity (Wildman–Crippen MR) is 92.9 cm³/mol. The zero-order valence-corrected chi connectivity index (χ0v) is 14.3. The quantitative estimate of drug-likeness (QED) is 0.708. The average molecular weight is 356 g/mol. The molecule has 0 saturated heterocycles. The summed E-state index contributed by atoms with van der Waals surface area (Å²) in [5.41, 5.74) is 0.890. The summed E-state index contributed by atoms with van der Waals surface area (Å²) in [6.07, 6.45) is 2.84. The fourth-order valence-corrected chi connectivity index (χ4v) is 2.27. The largest absolute Gasteiger partial charge is 0.504 e. The summed E-state index contributed by atoms with van der Waals surface area (Å²) in [7, 11) is 3.71. The number of benzene rings is 1. The van der Waals surface area contributed by atoms with Crippen molar-refractivity contribution in [2.45, 2.75) is 6.61 Å². The van der Waals surface area contributed by atoms with Crippen molar-refractivity contribution in [3.63, 3.8) is 0 Å². The number of carbonyl (C=O) groups excluding carboxylic acids is 1. The van der Waals surface area contributed by atoms with Crippen LogP contribution in [0.4, 0.5) is 10.2 Å². The summed E-state index contributed by atoms with van der Waals surface area (Å²) in [5.74, 6) is -0.836. The number of ether oxygens (including phenoxy) is 1. The summed E-state index contributed by atoms with van der Waals surface area (Å²) < 4.78 is 19.7. The second-order valence-electron chi connectivity index (χ2n) is 5.78. The summed E-state index contributed by atoms with van der Waals surface area (Å²) in [4.78, 5) is 18.2. The minimum absolute atomic E-state index is 0.00839. The number of aromatic hydroxyl groups is 1. The van der Waals surface area contributed by atoms with Crippen LogP contribution in [0.2, 0.25) is 0 Å². The molecule has 0 aliphatic carbocycles. The molecule has 2 aromatic heterocycles. The summed E-state index contributed by atoms with van der Waals surface area (Å²) in [6.45, 7) is 0.00839. The van der Waals surface area contributed by atoms with Gasteiger partial charge in [0.05, 0.1) is 11.9 Å². The van der Waals surface area contributed by atoms with Crippen LogP contribution >= 0.6 is 0 Å². The number of nitrogens with zero attached hydrogens (tertiary/aromatic N) is 4. The number of anilines is 1. The number of rotatable bonds is 5. The average Bonchev–Trinajstić information content (AvgIpc) is 3.02. The third kappa shape index (κ3) is 3.80. The van der Waals surface area contributed by atoms with Crippen molar-refractivity contribution >= 4 is 11.8 Å². The Labute approximate surface area is 149 Å². The lowest BCUT2D eigenvalue weighted by molar-refractivity contribution is 0.0462. The van der Waals surface area contributed by atoms with E-state index in [1.807, 2.05) is 19.0 Å². The predicted octanol–water partition coefficient (Wildman–Crippen LogP) is 2.54. The number of hydrogen-bond donors (Lipinski definition) is 1. The van der Waals surface area contributed by atoms with Crippen LogP contribution in [-0.2, 0) is 11.3 Å². The smallest absolute Gasteiger partial charge is 0.363 e. The molecular formula is C18H17FN4O3. The van der Waals surface area contributed by atoms with Gasteiger partial charge >= 0.3 is 5.97 Å². The van der Waals surface area contributed by atoms with E-state index in [0.717, 1.165) is 11.4 Å². The maximum absolute atomic E-state index is 13.3. The maximum Gasteiger partial charge on any atom is 0.363 e. The van der Waals surface area contributed by atoms with Gasteiger partial charge in [-0.05, 0) is 35.9 Å². The molecule has 26 heavy (non-hydrogen) atoms. The van der Waals surface area contributed by atoms with Gasteiger partial charge in [0, 0.05) is 20.3 Å². The standard InChI is InChI=1S/C18H17FN4O3/c1-22(2)16-8-12(6-7-20-16)11-26-18(25)17-15(24)10-23(21-17)14-5-3-4-13(19)9-14/h3-10,24H,11H2,1-2H3. The van der Waals surface area contributed by atoms with Crippen LogP contribution in [0.25, 0.3) is 5.69 Å². The lowest BCUT2D eigenvalue weighted by Gasteiger charge is -2.12. The molecule has 0 fully saturated rings. The van der Waals surface area contributed by atoms with Crippen LogP contribution in [0.3, 0.4) is 0 Å². The molecule has 1 N–H and O–H groups in total. The van der Waals surface area contributed by atoms with Crippen molar-refractivity contribution in [2.75, 3.05) is 19.0 Å². The summed E-state index contributed by atoms with van der Waals surface area (Å²) >= 11 is 0. The number of carbonyl (C=O) groups is 1. The van der Waals surface area contributed by atoms with Crippen molar-refractivity contribution in [1.29, 1.82) is 0 Å². The van der Waals surface area contributed by atoms with Crippen molar-refractivity contribution in [1.82, 2.24) is 14.8 Å². The Morgan fingerprint density at radius 1 is 1.31 bits per heavy atom. The minimum atomic E-state index is -0.777. The molecule has 0 amide bonds. The van der Waals surface area contributed by atoms with Crippen LogP contribution in [-0.4, -0.2) is 39.9 Å². The second-order valence-corrected chi connectivity index (χ2v) is 5.78. The minimum Gasteiger partial charge on any atom is -0.504 e. The Morgan fingerprint density at radius 2 is 2.12 bits per heavy atom. The van der Waals surface area contributed by atoms with E-state index in [4.69, 9.17) is 4.74 Å². The van der Waals surface area contributed by atoms with Crippen LogP contribution in [0.5, 0.6) is 5.75 Å². The second kappa shape index (κ2) is 7.22. The molecule has 0 aliphatic heterocycles. The van der Waals surface area contributed by atoms with Crippen molar-refractivity contribution in [3.05, 3.63) is 65.9 Å². The van der Waals surface area contributed by atoms with Crippen LogP contribution in [0.15, 0.2) is 48.8 Å². The zero-order chi connectivity index (χ0) is 18.7. The topological polar surface area (TPSA) is 80.5 Å². The van der Waals surface area contributed by atoms with Gasteiger partial charge in [-0.1, -0.05) is 6.07 Å². The van der Waals surface area contributed by atoms with E-state index < -0.39 is 11.8 Å². The van der Waals surface area contributed by atoms with Gasteiger partial charge in [-0.2, -0.15) is 5.10 Å². The highest BCUT2D eigenvalue weighted by Crippen LogP contribution is 2.20. The third-order valence-corrected chi connectivity index (χ3v) is 3.60. The van der Waals surface area contributed by atoms with Crippen LogP contribution < -0.4 is 4.90 Å². The molecule has 0 saturated carbocycles. The molecule has 134 valence electrons. The first kappa shape index (κ1) is 17.4. The Bertz CT molecular complexity index is 940. The Morgan fingerprint density at radius 3 is 2.85 bits per heavy atom. The molecule has 3 rings (SSSR count). The van der Waals surface area contributed by atoms with Gasteiger partial charge in [-0.25, -0.2) is 18.9 Å². The van der Waals surface area contributed by atoms with E-state index in [9.17, 15) is 14.3 Å². The van der Waals surface area contributed by atoms with Gasteiger partial charge in [0.1, 0.15) is 18.2 Å². The Balaban J connectivity index is 1.73. The number of pyridine rings is 1. The van der Waals surface area contributed by atoms with E-state index in [-0.39, 0.29) is 18.1 Å². The molecule has 0 unspecified atom stereocenters. The molecule has 0 aliphatic rings. The first-order valence-electron chi connectivity index (χ1n) is 7.78. The molecule has 2 heterocycles. The van der Waals surface area contributed by atoms with Crippen molar-refractivity contribution in [2.24, 2.45) is 0 Å². The monoisotopic (exact) mass is 356 g/mol. The fourth-order valence-electron chi connectivity index (χ4n) is 2.27. The van der Waals surface area contributed by atoms with E-state index >= 15 is 0 Å². The molecule has 1 aromatic carbocycles. The van der Waals surface area contributed by atoms with Gasteiger partial charge in [-0.15, -0.1) is 0 Å². The van der Waals surface area contributed by atoms with Gasteiger partial charge in [0.25, 0.3) is 0 Å². The molecule has 3 aromatic rings. The summed E-state index contributed by atoms with van der Waals surface area (Å²) in [6, 6.07) is 9.15. The number of halogens is 1. The molecule has 0 spiro atoms. The van der Waals surface area contributed by atoms with Crippen molar-refractivity contribution in [3.8, 4) is 11.4 Å². The van der Waals surface area contributed by atoms with E-state index in [1.165, 1.54) is 29.1 Å². The van der Waals surface area contributed by atoms with Crippen molar-refractivity contribution < 1.29 is 19.0 Å². The van der Waals surface area contributed by atoms with Crippen LogP contribution in [0.1, 0.15) is 16.1 Å². The highest BCUT2D eigenvalue weighted by molar-refractivity contribution is 5.90. The number of esters is 1. The number of aromatic nitrogens is 3. The fraction of sp³-hybridized carbons (Fsp3) is 0.167. The highest BCUT2D eigenvalue weighted by Gasteiger charge is 2.19. The highest BCUT2D eigenvalue weighted by atomic mass is 19.1. The van der Waals surface area contributed by atoms with E-state index in [2.05, 4.69) is 10.1 Å². The van der Waals surface area contributed by atoms with E-state index in [0.29, 0.717) is 5.69 Å². The van der Waals surface area contributed by atoms with Gasteiger partial charge in [0.15, 0.2) is 5.75 Å². The molecule has 0 atom stereocenters. The molecule has 7 nitrogen and oxygen atoms in total. The normalized spacial score (nSPS) is 10.6. The summed E-state index contributed by atoms with van der Waals surface area (Å²) in [5, 5.41) is 13.9. The molecule has 0 radical (unpaired) electrons. The first-order valence-corrected chi connectivity index (χ1v) is 7.78. The molecule has 0 bridgehead atoms. The van der Waals surface area contributed by atoms with E-state index in [1.54, 1.807) is 24.4 Å². The van der Waals surface area contributed by atoms with Gasteiger partial charge in [-0.3, -0.25) is 0 Å². The van der Waals surface area contributed by atoms with Crippen LogP contribution in [0, 0.1) is 5.82 Å². The SMILES string of the molecule is CN(C)c1cc(COC(=O)c2nn(-c3cccc(F)c3)cc2O)ccn1. The maximum atomic E-state index is 13.3. The van der Waals surface area contributed by atoms with Gasteiger partial charge < -0.3 is 14.7 Å². The molecule has 8 heteroatoms. The zero-order valence-electron chi connectivity index (χ0n) is 14.3. The molecular weight excluding hydrogens is 339 g/mol.